The van der Waals surface area contributed by atoms with E-state index in [0.717, 1.165) is 44.5 Å². The van der Waals surface area contributed by atoms with Crippen LogP contribution in [0.1, 0.15) is 46.0 Å². The van der Waals surface area contributed by atoms with Crippen molar-refractivity contribution in [2.75, 3.05) is 26.2 Å². The van der Waals surface area contributed by atoms with Crippen LogP contribution in [0.4, 0.5) is 4.79 Å². The van der Waals surface area contributed by atoms with E-state index >= 15 is 0 Å². The van der Waals surface area contributed by atoms with E-state index < -0.39 is 5.91 Å². The number of hydrogen-bond donors (Lipinski definition) is 2. The van der Waals surface area contributed by atoms with E-state index in [0.29, 0.717) is 24.7 Å². The number of nitrogens with two attached hydrogens (primary N) is 1. The second kappa shape index (κ2) is 8.72. The fourth-order valence-electron chi connectivity index (χ4n) is 5.00. The number of ether oxygens (including phenoxy) is 1. The van der Waals surface area contributed by atoms with Crippen LogP contribution in [0, 0.1) is 17.8 Å². The molecule has 0 aromatic carbocycles. The Balaban J connectivity index is 1.46. The number of aliphatic imine (C=N–C) groups is 1. The molecule has 0 aromatic heterocycles. The number of piperidine rings is 2. The molecule has 168 valence electrons. The molecule has 0 spiro atoms. The number of nitrogens with one attached hydrogen (secondary N) is 1. The summed E-state index contributed by atoms with van der Waals surface area (Å²) < 4.78 is 5.63. The first-order chi connectivity index (χ1) is 14.8. The summed E-state index contributed by atoms with van der Waals surface area (Å²) in [6.45, 7) is 6.40. The average molecular weight is 430 g/mol. The van der Waals surface area contributed by atoms with Crippen molar-refractivity contribution in [3.05, 3.63) is 23.2 Å². The summed E-state index contributed by atoms with van der Waals surface area (Å²) in [4.78, 5) is 46.0. The summed E-state index contributed by atoms with van der Waals surface area (Å²) in [5.74, 6) is -0.819. The zero-order valence-electron chi connectivity index (χ0n) is 18.2. The molecule has 4 heterocycles. The predicted octanol–water partition coefficient (Wildman–Crippen LogP) is 1.72. The number of nitrogens with zero attached hydrogens (tertiary/aromatic N) is 3. The summed E-state index contributed by atoms with van der Waals surface area (Å²) in [5, 5.41) is 2.87. The number of likely N-dealkylation sites (tertiary alicyclic amines) is 2. The molecule has 0 aliphatic carbocycles. The summed E-state index contributed by atoms with van der Waals surface area (Å²) in [6, 6.07) is -0.340. The fourth-order valence-corrected chi connectivity index (χ4v) is 5.00. The molecule has 0 saturated carbocycles. The van der Waals surface area contributed by atoms with Gasteiger partial charge in [0.15, 0.2) is 0 Å². The first-order valence-electron chi connectivity index (χ1n) is 11.2. The highest BCUT2D eigenvalue weighted by molar-refractivity contribution is 6.01. The van der Waals surface area contributed by atoms with Crippen LogP contribution in [0.25, 0.3) is 0 Å². The van der Waals surface area contributed by atoms with Crippen LogP contribution in [0.3, 0.4) is 0 Å². The van der Waals surface area contributed by atoms with Gasteiger partial charge in [-0.05, 0) is 44.9 Å². The molecule has 3 atom stereocenters. The minimum Gasteiger partial charge on any atom is -0.435 e. The second-order valence-corrected chi connectivity index (χ2v) is 8.91. The van der Waals surface area contributed by atoms with Crippen molar-refractivity contribution in [2.24, 2.45) is 28.5 Å². The minimum atomic E-state index is -0.742. The topological polar surface area (TPSA) is 117 Å². The molecule has 0 bridgehead atoms. The van der Waals surface area contributed by atoms with Crippen LogP contribution in [0.15, 0.2) is 28.2 Å². The first kappa shape index (κ1) is 21.4. The summed E-state index contributed by atoms with van der Waals surface area (Å²) >= 11 is 0. The maximum absolute atomic E-state index is 13.1. The molecule has 2 fully saturated rings. The molecule has 4 aliphatic rings. The molecule has 4 aliphatic heterocycles. The van der Waals surface area contributed by atoms with E-state index in [2.05, 4.69) is 10.3 Å². The third-order valence-corrected chi connectivity index (χ3v) is 6.54. The second-order valence-electron chi connectivity index (χ2n) is 8.91. The first-order valence-corrected chi connectivity index (χ1v) is 11.2. The van der Waals surface area contributed by atoms with Crippen LogP contribution >= 0.6 is 0 Å². The molecule has 0 aromatic rings. The molecule has 4 rings (SSSR count). The molecular formula is C22H31N5O4. The Morgan fingerprint density at radius 1 is 1.13 bits per heavy atom. The van der Waals surface area contributed by atoms with Crippen LogP contribution in [0.2, 0.25) is 0 Å². The van der Waals surface area contributed by atoms with Gasteiger partial charge in [-0.2, -0.15) is 0 Å². The molecular weight excluding hydrogens is 398 g/mol. The number of primary amides is 1. The Hall–Kier alpha value is -2.84. The van der Waals surface area contributed by atoms with Crippen molar-refractivity contribution in [1.29, 1.82) is 0 Å². The quantitative estimate of drug-likeness (QED) is 0.710. The van der Waals surface area contributed by atoms with Crippen molar-refractivity contribution >= 4 is 23.7 Å². The van der Waals surface area contributed by atoms with Crippen LogP contribution in [-0.4, -0.2) is 59.7 Å². The minimum absolute atomic E-state index is 0.00515. The predicted molar refractivity (Wildman–Crippen MR) is 114 cm³/mol. The lowest BCUT2D eigenvalue weighted by atomic mass is 9.88. The maximum atomic E-state index is 13.1. The Bertz CT molecular complexity index is 871. The lowest BCUT2D eigenvalue weighted by molar-refractivity contribution is -0.137. The highest BCUT2D eigenvalue weighted by Crippen LogP contribution is 2.36. The zero-order valence-corrected chi connectivity index (χ0v) is 18.2. The van der Waals surface area contributed by atoms with E-state index in [-0.39, 0.29) is 35.5 Å². The van der Waals surface area contributed by atoms with Gasteiger partial charge in [0, 0.05) is 31.9 Å². The summed E-state index contributed by atoms with van der Waals surface area (Å²) in [7, 11) is 0. The standard InChI is InChI=1S/C22H31N5O4/c1-13-11-14(2)24-20-16(13)17(18(31-20)19(23)28)25-22(30)27-10-6-7-15(12-27)21(29)26-8-4-3-5-9-26/h11,13,15-16H,3-10,12H2,1-2H3,(H2,23,28)(H,25,30). The molecule has 0 radical (unpaired) electrons. The molecule has 3 unspecified atom stereocenters. The molecule has 9 nitrogen and oxygen atoms in total. The van der Waals surface area contributed by atoms with Gasteiger partial charge in [-0.25, -0.2) is 9.79 Å². The molecule has 4 amide bonds. The van der Waals surface area contributed by atoms with Gasteiger partial charge >= 0.3 is 6.03 Å². The molecule has 2 saturated heterocycles. The Morgan fingerprint density at radius 2 is 1.84 bits per heavy atom. The van der Waals surface area contributed by atoms with Crippen molar-refractivity contribution in [1.82, 2.24) is 15.1 Å². The number of allylic oxidation sites excluding steroid dienone is 2. The number of carbonyl (C=O) groups excluding carboxylic acids is 3. The number of urea groups is 1. The number of rotatable bonds is 3. The highest BCUT2D eigenvalue weighted by Gasteiger charge is 2.42. The molecule has 9 heteroatoms. The van der Waals surface area contributed by atoms with Crippen LogP contribution in [-0.2, 0) is 14.3 Å². The number of hydrogen-bond acceptors (Lipinski definition) is 5. The normalized spacial score (nSPS) is 28.4. The van der Waals surface area contributed by atoms with E-state index in [1.165, 1.54) is 6.42 Å². The van der Waals surface area contributed by atoms with Gasteiger partial charge < -0.3 is 25.6 Å². The van der Waals surface area contributed by atoms with Crippen molar-refractivity contribution in [2.45, 2.75) is 46.0 Å². The SMILES string of the molecule is CC1=CC(C)C2C(=N1)OC(C(N)=O)=C2NC(=O)N1CCCC(C(=O)N2CCCCC2)C1. The van der Waals surface area contributed by atoms with Gasteiger partial charge in [-0.15, -0.1) is 0 Å². The molecule has 31 heavy (non-hydrogen) atoms. The monoisotopic (exact) mass is 429 g/mol. The lowest BCUT2D eigenvalue weighted by Crippen LogP contribution is -2.50. The largest absolute Gasteiger partial charge is 0.435 e. The van der Waals surface area contributed by atoms with Crippen molar-refractivity contribution in [3.8, 4) is 0 Å². The number of fused-ring (bicyclic) bond motifs is 1. The van der Waals surface area contributed by atoms with E-state index in [1.807, 2.05) is 24.8 Å². The van der Waals surface area contributed by atoms with Gasteiger partial charge in [0.05, 0.1) is 17.5 Å². The highest BCUT2D eigenvalue weighted by atomic mass is 16.5. The van der Waals surface area contributed by atoms with Crippen molar-refractivity contribution < 1.29 is 19.1 Å². The van der Waals surface area contributed by atoms with E-state index in [1.54, 1.807) is 4.90 Å². The molecule has 3 N–H and O–H groups in total. The zero-order chi connectivity index (χ0) is 22.1. The van der Waals surface area contributed by atoms with Crippen LogP contribution < -0.4 is 11.1 Å². The Kier molecular flexibility index (Phi) is 6.02. The van der Waals surface area contributed by atoms with Gasteiger partial charge in [-0.1, -0.05) is 13.0 Å². The maximum Gasteiger partial charge on any atom is 0.321 e. The third kappa shape index (κ3) is 4.31. The van der Waals surface area contributed by atoms with E-state index in [9.17, 15) is 14.4 Å². The lowest BCUT2D eigenvalue weighted by Gasteiger charge is -2.36. The average Bonchev–Trinajstić information content (AvgIpc) is 3.12. The Labute approximate surface area is 182 Å². The summed E-state index contributed by atoms with van der Waals surface area (Å²) in [6.07, 6.45) is 6.79. The van der Waals surface area contributed by atoms with Gasteiger partial charge in [0.25, 0.3) is 5.91 Å². The third-order valence-electron chi connectivity index (χ3n) is 6.54. The smallest absolute Gasteiger partial charge is 0.321 e. The van der Waals surface area contributed by atoms with Gasteiger partial charge in [-0.3, -0.25) is 9.59 Å². The van der Waals surface area contributed by atoms with Crippen LogP contribution in [0.5, 0.6) is 0 Å². The van der Waals surface area contributed by atoms with Crippen molar-refractivity contribution in [3.63, 3.8) is 0 Å². The summed E-state index contributed by atoms with van der Waals surface area (Å²) in [5.41, 5.74) is 6.67. The fraction of sp³-hybridized carbons (Fsp3) is 0.636. The van der Waals surface area contributed by atoms with Gasteiger partial charge in [0.1, 0.15) is 0 Å². The number of amides is 4. The van der Waals surface area contributed by atoms with Gasteiger partial charge in [0.2, 0.25) is 17.6 Å². The number of carbonyl (C=O) groups is 3. The van der Waals surface area contributed by atoms with E-state index in [4.69, 9.17) is 10.5 Å². The Morgan fingerprint density at radius 3 is 2.55 bits per heavy atom.